The fraction of sp³-hybridized carbons (Fsp3) is 0.286. The number of hydrogen-bond acceptors (Lipinski definition) is 5. The molecule has 1 heterocycles. The van der Waals surface area contributed by atoms with Crippen LogP contribution in [-0.4, -0.2) is 16.9 Å². The van der Waals surface area contributed by atoms with Crippen molar-refractivity contribution in [2.24, 2.45) is 0 Å². The Morgan fingerprint density at radius 3 is 2.76 bits per heavy atom. The minimum atomic E-state index is -0.737. The van der Waals surface area contributed by atoms with Gasteiger partial charge in [-0.25, -0.2) is 13.6 Å². The minimum absolute atomic E-state index is 0.196. The van der Waals surface area contributed by atoms with E-state index in [1.165, 1.54) is 19.1 Å². The van der Waals surface area contributed by atoms with Crippen molar-refractivity contribution in [2.45, 2.75) is 20.8 Å². The van der Waals surface area contributed by atoms with Gasteiger partial charge in [-0.15, -0.1) is 0 Å². The van der Waals surface area contributed by atoms with Crippen LogP contribution < -0.4 is 5.32 Å². The van der Waals surface area contributed by atoms with Gasteiger partial charge in [0.2, 0.25) is 0 Å². The number of rotatable bonds is 4. The van der Waals surface area contributed by atoms with Gasteiger partial charge < -0.3 is 10.1 Å². The van der Waals surface area contributed by atoms with Crippen LogP contribution in [-0.2, 0) is 4.74 Å². The van der Waals surface area contributed by atoms with E-state index < -0.39 is 17.6 Å². The van der Waals surface area contributed by atoms with Gasteiger partial charge in [-0.3, -0.25) is 0 Å². The first kappa shape index (κ1) is 15.4. The summed E-state index contributed by atoms with van der Waals surface area (Å²) in [5.41, 5.74) is 0.651. The predicted molar refractivity (Wildman–Crippen MR) is 77.2 cm³/mol. The third-order valence-electron chi connectivity index (χ3n) is 2.87. The Labute approximate surface area is 124 Å². The topological polar surface area (TPSA) is 51.2 Å². The molecule has 0 atom stereocenters. The Kier molecular flexibility index (Phi) is 4.52. The highest BCUT2D eigenvalue weighted by atomic mass is 32.1. The van der Waals surface area contributed by atoms with E-state index in [9.17, 15) is 13.6 Å². The Balaban J connectivity index is 2.42. The van der Waals surface area contributed by atoms with Crippen LogP contribution in [0.3, 0.4) is 0 Å². The van der Waals surface area contributed by atoms with Crippen LogP contribution in [0.4, 0.5) is 19.5 Å². The zero-order chi connectivity index (χ0) is 15.6. The first-order valence-corrected chi connectivity index (χ1v) is 7.08. The smallest absolute Gasteiger partial charge is 0.343 e. The van der Waals surface area contributed by atoms with Crippen molar-refractivity contribution in [3.63, 3.8) is 0 Å². The van der Waals surface area contributed by atoms with Gasteiger partial charge in [0.05, 0.1) is 12.3 Å². The fourth-order valence-corrected chi connectivity index (χ4v) is 2.57. The quantitative estimate of drug-likeness (QED) is 0.868. The lowest BCUT2D eigenvalue weighted by atomic mass is 10.2. The maximum absolute atomic E-state index is 14.0. The summed E-state index contributed by atoms with van der Waals surface area (Å²) in [6, 6.07) is 2.51. The highest BCUT2D eigenvalue weighted by molar-refractivity contribution is 7.10. The Morgan fingerprint density at radius 2 is 2.10 bits per heavy atom. The molecule has 0 spiro atoms. The summed E-state index contributed by atoms with van der Waals surface area (Å²) in [5, 5.41) is 2.87. The Bertz CT molecular complexity index is 686. The molecule has 0 aliphatic carbocycles. The number of halogens is 2. The molecule has 4 nitrogen and oxygen atoms in total. The molecule has 0 bridgehead atoms. The molecular formula is C14H14F2N2O2S. The van der Waals surface area contributed by atoms with Crippen LogP contribution in [0.25, 0.3) is 0 Å². The molecule has 0 fully saturated rings. The third-order valence-corrected chi connectivity index (χ3v) is 3.72. The van der Waals surface area contributed by atoms with Gasteiger partial charge in [-0.05, 0) is 43.9 Å². The van der Waals surface area contributed by atoms with E-state index in [2.05, 4.69) is 9.69 Å². The molecule has 0 radical (unpaired) electrons. The molecule has 0 amide bonds. The number of aromatic nitrogens is 1. The first-order chi connectivity index (χ1) is 9.95. The Morgan fingerprint density at radius 1 is 1.38 bits per heavy atom. The molecule has 1 N–H and O–H groups in total. The van der Waals surface area contributed by atoms with Gasteiger partial charge in [0, 0.05) is 0 Å². The van der Waals surface area contributed by atoms with Crippen LogP contribution in [0.5, 0.6) is 0 Å². The maximum Gasteiger partial charge on any atom is 0.343 e. The molecule has 0 unspecified atom stereocenters. The number of aryl methyl sites for hydroxylation is 2. The number of esters is 1. The number of carbonyl (C=O) groups is 1. The molecule has 21 heavy (non-hydrogen) atoms. The van der Waals surface area contributed by atoms with Crippen molar-refractivity contribution in [2.75, 3.05) is 11.9 Å². The summed E-state index contributed by atoms with van der Waals surface area (Å²) < 4.78 is 36.7. The van der Waals surface area contributed by atoms with Gasteiger partial charge in [-0.1, -0.05) is 6.07 Å². The van der Waals surface area contributed by atoms with Gasteiger partial charge in [0.15, 0.2) is 5.82 Å². The standard InChI is InChI=1S/C14H14F2N2O2S/c1-4-20-14(19)10-8(3)18-21-13(10)17-12-9(15)6-5-7(2)11(12)16/h5-6,17H,4H2,1-3H3. The summed E-state index contributed by atoms with van der Waals surface area (Å²) in [6.45, 7) is 5.06. The van der Waals surface area contributed by atoms with E-state index in [0.29, 0.717) is 11.3 Å². The average Bonchev–Trinajstić information content (AvgIpc) is 2.80. The van der Waals surface area contributed by atoms with E-state index >= 15 is 0 Å². The van der Waals surface area contributed by atoms with Crippen molar-refractivity contribution < 1.29 is 18.3 Å². The van der Waals surface area contributed by atoms with Crippen molar-refractivity contribution in [3.8, 4) is 0 Å². The normalized spacial score (nSPS) is 10.5. The van der Waals surface area contributed by atoms with Crippen molar-refractivity contribution in [3.05, 3.63) is 40.6 Å². The lowest BCUT2D eigenvalue weighted by Crippen LogP contribution is -2.08. The minimum Gasteiger partial charge on any atom is -0.462 e. The molecular weight excluding hydrogens is 298 g/mol. The largest absolute Gasteiger partial charge is 0.462 e. The molecule has 0 aliphatic rings. The van der Waals surface area contributed by atoms with Gasteiger partial charge >= 0.3 is 5.97 Å². The molecule has 0 saturated heterocycles. The number of hydrogen-bond donors (Lipinski definition) is 1. The van der Waals surface area contributed by atoms with Crippen LogP contribution in [0.2, 0.25) is 0 Å². The summed E-state index contributed by atoms with van der Waals surface area (Å²) >= 11 is 0.953. The van der Waals surface area contributed by atoms with Crippen molar-refractivity contribution in [1.82, 2.24) is 4.37 Å². The lowest BCUT2D eigenvalue weighted by molar-refractivity contribution is 0.0527. The van der Waals surface area contributed by atoms with E-state index in [1.807, 2.05) is 0 Å². The zero-order valence-electron chi connectivity index (χ0n) is 11.8. The van der Waals surface area contributed by atoms with Gasteiger partial charge in [0.1, 0.15) is 22.1 Å². The van der Waals surface area contributed by atoms with Gasteiger partial charge in [-0.2, -0.15) is 4.37 Å². The molecule has 0 saturated carbocycles. The van der Waals surface area contributed by atoms with Crippen LogP contribution >= 0.6 is 11.5 Å². The molecule has 1 aromatic heterocycles. The van der Waals surface area contributed by atoms with E-state index in [-0.39, 0.29) is 22.9 Å². The third kappa shape index (κ3) is 3.02. The number of nitrogens with one attached hydrogen (secondary N) is 1. The van der Waals surface area contributed by atoms with E-state index in [1.54, 1.807) is 13.8 Å². The monoisotopic (exact) mass is 312 g/mol. The number of anilines is 2. The summed E-state index contributed by atoms with van der Waals surface area (Å²) in [5.74, 6) is -2.01. The zero-order valence-corrected chi connectivity index (χ0v) is 12.6. The number of carbonyl (C=O) groups excluding carboxylic acids is 1. The van der Waals surface area contributed by atoms with Gasteiger partial charge in [0.25, 0.3) is 0 Å². The second kappa shape index (κ2) is 6.17. The van der Waals surface area contributed by atoms with Crippen LogP contribution in [0.15, 0.2) is 12.1 Å². The average molecular weight is 312 g/mol. The summed E-state index contributed by atoms with van der Waals surface area (Å²) in [7, 11) is 0. The van der Waals surface area contributed by atoms with Crippen LogP contribution in [0.1, 0.15) is 28.5 Å². The summed E-state index contributed by atoms with van der Waals surface area (Å²) in [4.78, 5) is 11.9. The maximum atomic E-state index is 14.0. The Hall–Kier alpha value is -2.02. The van der Waals surface area contributed by atoms with Crippen molar-refractivity contribution in [1.29, 1.82) is 0 Å². The second-order valence-electron chi connectivity index (χ2n) is 4.37. The summed E-state index contributed by atoms with van der Waals surface area (Å²) in [6.07, 6.45) is 0. The molecule has 2 aromatic rings. The van der Waals surface area contributed by atoms with E-state index in [0.717, 1.165) is 11.5 Å². The lowest BCUT2D eigenvalue weighted by Gasteiger charge is -2.10. The fourth-order valence-electron chi connectivity index (χ4n) is 1.78. The highest BCUT2D eigenvalue weighted by Gasteiger charge is 2.22. The van der Waals surface area contributed by atoms with Crippen molar-refractivity contribution >= 4 is 28.2 Å². The van der Waals surface area contributed by atoms with E-state index in [4.69, 9.17) is 4.74 Å². The second-order valence-corrected chi connectivity index (χ2v) is 5.14. The SMILES string of the molecule is CCOC(=O)c1c(C)nsc1Nc1c(F)ccc(C)c1F. The predicted octanol–water partition coefficient (Wildman–Crippen LogP) is 3.96. The molecule has 112 valence electrons. The number of ether oxygens (including phenoxy) is 1. The highest BCUT2D eigenvalue weighted by Crippen LogP contribution is 2.32. The molecule has 2 rings (SSSR count). The molecule has 1 aromatic carbocycles. The van der Waals surface area contributed by atoms with Crippen LogP contribution in [0, 0.1) is 25.5 Å². The molecule has 0 aliphatic heterocycles. The number of nitrogens with zero attached hydrogens (tertiary/aromatic N) is 1. The first-order valence-electron chi connectivity index (χ1n) is 6.30. The molecule has 7 heteroatoms. The number of benzene rings is 1.